The van der Waals surface area contributed by atoms with E-state index >= 15 is 0 Å². The van der Waals surface area contributed by atoms with Gasteiger partial charge in [-0.3, -0.25) is 0 Å². The second kappa shape index (κ2) is 18.3. The van der Waals surface area contributed by atoms with E-state index in [0.29, 0.717) is 13.1 Å². The average Bonchev–Trinajstić information content (AvgIpc) is 2.87. The maximum Gasteiger partial charge on any atom is 0.407 e. The van der Waals surface area contributed by atoms with Gasteiger partial charge in [-0.1, -0.05) is 60.7 Å². The molecule has 0 heterocycles. The second-order valence-corrected chi connectivity index (χ2v) is 7.89. The summed E-state index contributed by atoms with van der Waals surface area (Å²) >= 11 is 0. The van der Waals surface area contributed by atoms with Gasteiger partial charge in [-0.15, -0.1) is 0 Å². The molecule has 0 unspecified atom stereocenters. The van der Waals surface area contributed by atoms with Crippen molar-refractivity contribution in [2.45, 2.75) is 38.9 Å². The first kappa shape index (κ1) is 27.1. The number of hydrogen-bond acceptors (Lipinski definition) is 6. The molecule has 0 atom stereocenters. The Hall–Kier alpha value is -3.10. The van der Waals surface area contributed by atoms with Crippen molar-refractivity contribution in [1.29, 1.82) is 0 Å². The Morgan fingerprint density at radius 1 is 0.529 bits per heavy atom. The molecule has 2 rings (SSSR count). The topological polar surface area (TPSA) is 101 Å². The van der Waals surface area contributed by atoms with Crippen LogP contribution < -0.4 is 21.3 Å². The number of amides is 2. The van der Waals surface area contributed by atoms with E-state index in [1.165, 1.54) is 0 Å². The van der Waals surface area contributed by atoms with Crippen molar-refractivity contribution in [1.82, 2.24) is 21.3 Å². The zero-order valence-electron chi connectivity index (χ0n) is 19.9. The average molecular weight is 471 g/mol. The zero-order chi connectivity index (χ0) is 24.1. The summed E-state index contributed by atoms with van der Waals surface area (Å²) in [5, 5.41) is 12.3. The highest BCUT2D eigenvalue weighted by atomic mass is 16.6. The third-order valence-electron chi connectivity index (χ3n) is 4.98. The largest absolute Gasteiger partial charge is 0.445 e. The smallest absolute Gasteiger partial charge is 0.407 e. The van der Waals surface area contributed by atoms with Crippen molar-refractivity contribution >= 4 is 12.2 Å². The Bertz CT molecular complexity index is 722. The highest BCUT2D eigenvalue weighted by molar-refractivity contribution is 5.67. The van der Waals surface area contributed by atoms with Crippen molar-refractivity contribution in [3.63, 3.8) is 0 Å². The van der Waals surface area contributed by atoms with E-state index in [2.05, 4.69) is 21.3 Å². The maximum absolute atomic E-state index is 11.6. The van der Waals surface area contributed by atoms with Crippen molar-refractivity contribution in [2.75, 3.05) is 39.3 Å². The fourth-order valence-corrected chi connectivity index (χ4v) is 3.11. The number of carbonyl (C=O) groups excluding carboxylic acids is 2. The minimum Gasteiger partial charge on any atom is -0.445 e. The number of rotatable bonds is 17. The van der Waals surface area contributed by atoms with E-state index in [1.807, 2.05) is 60.7 Å². The number of alkyl carbamates (subject to hydrolysis) is 2. The zero-order valence-corrected chi connectivity index (χ0v) is 19.9. The lowest BCUT2D eigenvalue weighted by atomic mass is 10.2. The minimum atomic E-state index is -0.380. The van der Waals surface area contributed by atoms with E-state index in [-0.39, 0.29) is 25.4 Å². The molecule has 4 N–H and O–H groups in total. The molecule has 0 aliphatic carbocycles. The minimum absolute atomic E-state index is 0.288. The van der Waals surface area contributed by atoms with E-state index in [0.717, 1.165) is 63.0 Å². The van der Waals surface area contributed by atoms with E-state index in [9.17, 15) is 9.59 Å². The lowest BCUT2D eigenvalue weighted by Gasteiger charge is -2.09. The van der Waals surface area contributed by atoms with Crippen LogP contribution in [0.4, 0.5) is 9.59 Å². The van der Waals surface area contributed by atoms with Gasteiger partial charge in [0, 0.05) is 13.1 Å². The first-order chi connectivity index (χ1) is 16.7. The van der Waals surface area contributed by atoms with Crippen molar-refractivity contribution in [2.24, 2.45) is 0 Å². The molecule has 0 bridgehead atoms. The Kier molecular flexibility index (Phi) is 14.6. The SMILES string of the molecule is O=C(NCCCNCCCCNCCCNC(=O)OCc1ccccc1)OCc1ccccc1. The van der Waals surface area contributed by atoms with Gasteiger partial charge in [-0.2, -0.15) is 0 Å². The summed E-state index contributed by atoms with van der Waals surface area (Å²) in [5.41, 5.74) is 1.95. The normalized spacial score (nSPS) is 10.5. The number of unbranched alkanes of at least 4 members (excludes halogenated alkanes) is 1. The molecule has 34 heavy (non-hydrogen) atoms. The fraction of sp³-hybridized carbons (Fsp3) is 0.462. The van der Waals surface area contributed by atoms with Crippen LogP contribution >= 0.6 is 0 Å². The van der Waals surface area contributed by atoms with Gasteiger partial charge in [0.1, 0.15) is 13.2 Å². The highest BCUT2D eigenvalue weighted by Crippen LogP contribution is 2.01. The second-order valence-electron chi connectivity index (χ2n) is 7.89. The van der Waals surface area contributed by atoms with Crippen LogP contribution in [0, 0.1) is 0 Å². The lowest BCUT2D eigenvalue weighted by molar-refractivity contribution is 0.138. The van der Waals surface area contributed by atoms with Crippen LogP contribution in [0.5, 0.6) is 0 Å². The molecule has 8 nitrogen and oxygen atoms in total. The Morgan fingerprint density at radius 2 is 0.912 bits per heavy atom. The number of benzene rings is 2. The number of carbonyl (C=O) groups is 2. The van der Waals surface area contributed by atoms with Gasteiger partial charge < -0.3 is 30.7 Å². The Labute approximate surface area is 202 Å². The molecule has 0 spiro atoms. The lowest BCUT2D eigenvalue weighted by Crippen LogP contribution is -2.29. The summed E-state index contributed by atoms with van der Waals surface area (Å²) in [6.45, 7) is 5.39. The predicted molar refractivity (Wildman–Crippen MR) is 133 cm³/mol. The van der Waals surface area contributed by atoms with Crippen molar-refractivity contribution in [3.8, 4) is 0 Å². The summed E-state index contributed by atoms with van der Waals surface area (Å²) in [5.74, 6) is 0. The van der Waals surface area contributed by atoms with E-state index < -0.39 is 0 Å². The van der Waals surface area contributed by atoms with Gasteiger partial charge in [-0.25, -0.2) is 9.59 Å². The predicted octanol–water partition coefficient (Wildman–Crippen LogP) is 3.58. The van der Waals surface area contributed by atoms with Crippen LogP contribution in [-0.4, -0.2) is 51.5 Å². The van der Waals surface area contributed by atoms with Gasteiger partial charge >= 0.3 is 12.2 Å². The monoisotopic (exact) mass is 470 g/mol. The van der Waals surface area contributed by atoms with Gasteiger partial charge in [0.25, 0.3) is 0 Å². The van der Waals surface area contributed by atoms with Gasteiger partial charge in [-0.05, 0) is 63.0 Å². The molecular weight excluding hydrogens is 432 g/mol. The highest BCUT2D eigenvalue weighted by Gasteiger charge is 2.02. The quantitative estimate of drug-likeness (QED) is 0.264. The molecule has 2 aromatic carbocycles. The van der Waals surface area contributed by atoms with E-state index in [4.69, 9.17) is 9.47 Å². The third-order valence-corrected chi connectivity index (χ3v) is 4.98. The summed E-state index contributed by atoms with van der Waals surface area (Å²) in [7, 11) is 0. The van der Waals surface area contributed by atoms with Gasteiger partial charge in [0.2, 0.25) is 0 Å². The fourth-order valence-electron chi connectivity index (χ4n) is 3.11. The van der Waals surface area contributed by atoms with Crippen molar-refractivity contribution in [3.05, 3.63) is 71.8 Å². The molecule has 0 saturated heterocycles. The molecule has 0 saturated carbocycles. The molecule has 8 heteroatoms. The molecule has 0 aromatic heterocycles. The number of hydrogen-bond donors (Lipinski definition) is 4. The van der Waals surface area contributed by atoms with Crippen LogP contribution in [0.25, 0.3) is 0 Å². The van der Waals surface area contributed by atoms with Gasteiger partial charge in [0.15, 0.2) is 0 Å². The number of ether oxygens (including phenoxy) is 2. The molecule has 0 aliphatic rings. The standard InChI is InChI=1S/C26H38N4O4/c31-25(33-21-23-11-3-1-4-12-23)29-19-9-17-27-15-7-8-16-28-18-10-20-30-26(32)34-22-24-13-5-2-6-14-24/h1-6,11-14,27-28H,7-10,15-22H2,(H,29,31)(H,30,32). The molecule has 0 aliphatic heterocycles. The Morgan fingerprint density at radius 3 is 1.32 bits per heavy atom. The summed E-state index contributed by atoms with van der Waals surface area (Å²) < 4.78 is 10.3. The molecule has 0 radical (unpaired) electrons. The molecule has 186 valence electrons. The summed E-state index contributed by atoms with van der Waals surface area (Å²) in [6, 6.07) is 19.3. The third kappa shape index (κ3) is 14.1. The summed E-state index contributed by atoms with van der Waals surface area (Å²) in [6.07, 6.45) is 3.13. The van der Waals surface area contributed by atoms with Crippen LogP contribution in [0.2, 0.25) is 0 Å². The van der Waals surface area contributed by atoms with Crippen LogP contribution in [0.1, 0.15) is 36.8 Å². The van der Waals surface area contributed by atoms with Crippen molar-refractivity contribution < 1.29 is 19.1 Å². The van der Waals surface area contributed by atoms with Crippen LogP contribution in [0.3, 0.4) is 0 Å². The van der Waals surface area contributed by atoms with Crippen LogP contribution in [0.15, 0.2) is 60.7 Å². The van der Waals surface area contributed by atoms with E-state index in [1.54, 1.807) is 0 Å². The molecule has 2 amide bonds. The molecular formula is C26H38N4O4. The van der Waals surface area contributed by atoms with Crippen LogP contribution in [-0.2, 0) is 22.7 Å². The first-order valence-corrected chi connectivity index (χ1v) is 12.0. The summed E-state index contributed by atoms with van der Waals surface area (Å²) in [4.78, 5) is 23.3. The molecule has 0 fully saturated rings. The number of nitrogens with one attached hydrogen (secondary N) is 4. The Balaban J connectivity index is 1.28. The molecule has 2 aromatic rings. The maximum atomic E-state index is 11.6. The first-order valence-electron chi connectivity index (χ1n) is 12.0. The van der Waals surface area contributed by atoms with Gasteiger partial charge in [0.05, 0.1) is 0 Å².